The number of piperazine rings is 1. The van der Waals surface area contributed by atoms with Crippen LogP contribution in [0.15, 0.2) is 0 Å². The Kier molecular flexibility index (Phi) is 5.27. The predicted molar refractivity (Wildman–Crippen MR) is 90.6 cm³/mol. The normalized spacial score (nSPS) is 37.7. The zero-order valence-corrected chi connectivity index (χ0v) is 14.4. The highest BCUT2D eigenvalue weighted by Crippen LogP contribution is 2.38. The van der Waals surface area contributed by atoms with Crippen LogP contribution in [0.4, 0.5) is 0 Å². The van der Waals surface area contributed by atoms with Gasteiger partial charge in [0, 0.05) is 30.7 Å². The van der Waals surface area contributed by atoms with Gasteiger partial charge in [0.1, 0.15) is 0 Å². The first-order valence-electron chi connectivity index (χ1n) is 9.79. The van der Waals surface area contributed by atoms with Crippen LogP contribution in [0, 0.1) is 5.92 Å². The summed E-state index contributed by atoms with van der Waals surface area (Å²) < 4.78 is 0. The van der Waals surface area contributed by atoms with E-state index in [1.165, 1.54) is 83.7 Å². The van der Waals surface area contributed by atoms with Crippen molar-refractivity contribution < 1.29 is 0 Å². The van der Waals surface area contributed by atoms with Crippen molar-refractivity contribution in [2.24, 2.45) is 5.92 Å². The van der Waals surface area contributed by atoms with Crippen LogP contribution in [0.1, 0.15) is 84.5 Å². The molecule has 21 heavy (non-hydrogen) atoms. The van der Waals surface area contributed by atoms with Crippen molar-refractivity contribution in [1.82, 2.24) is 10.2 Å². The highest BCUT2D eigenvalue weighted by molar-refractivity contribution is 5.02. The van der Waals surface area contributed by atoms with Crippen molar-refractivity contribution in [2.45, 2.75) is 102 Å². The average Bonchev–Trinajstić information content (AvgIpc) is 2.55. The van der Waals surface area contributed by atoms with Gasteiger partial charge in [0.2, 0.25) is 0 Å². The van der Waals surface area contributed by atoms with E-state index in [9.17, 15) is 0 Å². The van der Waals surface area contributed by atoms with E-state index in [0.717, 1.165) is 18.0 Å². The second kappa shape index (κ2) is 7.00. The first-order valence-corrected chi connectivity index (χ1v) is 9.79. The van der Waals surface area contributed by atoms with E-state index in [2.05, 4.69) is 24.1 Å². The van der Waals surface area contributed by atoms with Crippen LogP contribution in [-0.4, -0.2) is 35.6 Å². The highest BCUT2D eigenvalue weighted by atomic mass is 15.3. The largest absolute Gasteiger partial charge is 0.308 e. The molecule has 0 aromatic heterocycles. The summed E-state index contributed by atoms with van der Waals surface area (Å²) in [7, 11) is 0. The first kappa shape index (κ1) is 15.8. The summed E-state index contributed by atoms with van der Waals surface area (Å²) in [6.07, 6.45) is 15.8. The van der Waals surface area contributed by atoms with Crippen molar-refractivity contribution in [1.29, 1.82) is 0 Å². The van der Waals surface area contributed by atoms with Crippen LogP contribution in [0.25, 0.3) is 0 Å². The summed E-state index contributed by atoms with van der Waals surface area (Å²) >= 11 is 0. The van der Waals surface area contributed by atoms with Crippen LogP contribution >= 0.6 is 0 Å². The van der Waals surface area contributed by atoms with Crippen molar-refractivity contribution in [3.05, 3.63) is 0 Å². The summed E-state index contributed by atoms with van der Waals surface area (Å²) in [6.45, 7) is 7.39. The van der Waals surface area contributed by atoms with Crippen LogP contribution in [0.2, 0.25) is 0 Å². The third-order valence-corrected chi connectivity index (χ3v) is 6.77. The number of hydrogen-bond donors (Lipinski definition) is 1. The summed E-state index contributed by atoms with van der Waals surface area (Å²) in [5.41, 5.74) is 0.472. The SMILES string of the molecule is CCC1CCCCC1N1CC2(CCCCC2)NCC1CC. The second-order valence-corrected chi connectivity index (χ2v) is 7.98. The molecule has 0 aromatic rings. The van der Waals surface area contributed by atoms with E-state index in [0.29, 0.717) is 5.54 Å². The van der Waals surface area contributed by atoms with Gasteiger partial charge in [-0.1, -0.05) is 52.4 Å². The molecule has 0 bridgehead atoms. The van der Waals surface area contributed by atoms with Gasteiger partial charge in [-0.15, -0.1) is 0 Å². The topological polar surface area (TPSA) is 15.3 Å². The Balaban J connectivity index is 1.75. The molecule has 3 atom stereocenters. The van der Waals surface area contributed by atoms with Gasteiger partial charge >= 0.3 is 0 Å². The van der Waals surface area contributed by atoms with E-state index in [1.807, 2.05) is 0 Å². The van der Waals surface area contributed by atoms with Gasteiger partial charge < -0.3 is 5.32 Å². The van der Waals surface area contributed by atoms with Crippen LogP contribution < -0.4 is 5.32 Å². The zero-order chi connectivity index (χ0) is 14.7. The standard InChI is InChI=1S/C19H36N2/c1-3-16-10-6-7-11-18(16)21-15-19(12-8-5-9-13-19)20-14-17(21)4-2/h16-18,20H,3-15H2,1-2H3. The maximum atomic E-state index is 4.00. The molecular formula is C19H36N2. The fourth-order valence-corrected chi connectivity index (χ4v) is 5.42. The molecule has 3 aliphatic rings. The molecule has 2 aliphatic carbocycles. The molecule has 1 spiro atoms. The Labute approximate surface area is 132 Å². The first-order chi connectivity index (χ1) is 10.3. The maximum Gasteiger partial charge on any atom is 0.0309 e. The molecule has 0 aromatic carbocycles. The van der Waals surface area contributed by atoms with E-state index in [4.69, 9.17) is 0 Å². The van der Waals surface area contributed by atoms with Gasteiger partial charge in [-0.2, -0.15) is 0 Å². The predicted octanol–water partition coefficient (Wildman–Crippen LogP) is 4.34. The summed E-state index contributed by atoms with van der Waals surface area (Å²) in [4.78, 5) is 2.98. The molecule has 3 fully saturated rings. The van der Waals surface area contributed by atoms with Crippen LogP contribution in [-0.2, 0) is 0 Å². The molecule has 2 saturated carbocycles. The number of nitrogens with one attached hydrogen (secondary N) is 1. The van der Waals surface area contributed by atoms with Gasteiger partial charge in [-0.3, -0.25) is 4.90 Å². The Morgan fingerprint density at radius 2 is 1.71 bits per heavy atom. The number of rotatable bonds is 3. The Hall–Kier alpha value is -0.0800. The fourth-order valence-electron chi connectivity index (χ4n) is 5.42. The molecule has 1 N–H and O–H groups in total. The minimum Gasteiger partial charge on any atom is -0.308 e. The molecule has 1 aliphatic heterocycles. The Morgan fingerprint density at radius 3 is 2.43 bits per heavy atom. The second-order valence-electron chi connectivity index (χ2n) is 7.98. The van der Waals surface area contributed by atoms with Crippen molar-refractivity contribution in [3.8, 4) is 0 Å². The highest BCUT2D eigenvalue weighted by Gasteiger charge is 2.43. The molecule has 3 rings (SSSR count). The third-order valence-electron chi connectivity index (χ3n) is 6.77. The smallest absolute Gasteiger partial charge is 0.0309 e. The lowest BCUT2D eigenvalue weighted by atomic mass is 9.76. The van der Waals surface area contributed by atoms with Crippen molar-refractivity contribution in [3.63, 3.8) is 0 Å². The quantitative estimate of drug-likeness (QED) is 0.832. The molecule has 122 valence electrons. The lowest BCUT2D eigenvalue weighted by Gasteiger charge is -2.54. The average molecular weight is 293 g/mol. The number of nitrogens with zero attached hydrogens (tertiary/aromatic N) is 1. The summed E-state index contributed by atoms with van der Waals surface area (Å²) in [5.74, 6) is 0.964. The van der Waals surface area contributed by atoms with E-state index >= 15 is 0 Å². The summed E-state index contributed by atoms with van der Waals surface area (Å²) in [6, 6.07) is 1.67. The summed E-state index contributed by atoms with van der Waals surface area (Å²) in [5, 5.41) is 4.00. The number of hydrogen-bond acceptors (Lipinski definition) is 2. The van der Waals surface area contributed by atoms with Gasteiger partial charge in [-0.25, -0.2) is 0 Å². The van der Waals surface area contributed by atoms with E-state index in [1.54, 1.807) is 0 Å². The molecule has 2 heteroatoms. The third kappa shape index (κ3) is 3.32. The van der Waals surface area contributed by atoms with Gasteiger partial charge in [0.25, 0.3) is 0 Å². The minimum absolute atomic E-state index is 0.472. The monoisotopic (exact) mass is 292 g/mol. The van der Waals surface area contributed by atoms with E-state index in [-0.39, 0.29) is 0 Å². The lowest BCUT2D eigenvalue weighted by Crippen LogP contribution is -2.67. The van der Waals surface area contributed by atoms with Gasteiger partial charge in [0.05, 0.1) is 0 Å². The molecular weight excluding hydrogens is 256 g/mol. The van der Waals surface area contributed by atoms with Gasteiger partial charge in [0.15, 0.2) is 0 Å². The molecule has 1 saturated heterocycles. The maximum absolute atomic E-state index is 4.00. The van der Waals surface area contributed by atoms with Gasteiger partial charge in [-0.05, 0) is 38.0 Å². The molecule has 1 heterocycles. The lowest BCUT2D eigenvalue weighted by molar-refractivity contribution is -0.0108. The van der Waals surface area contributed by atoms with Crippen LogP contribution in [0.3, 0.4) is 0 Å². The molecule has 3 unspecified atom stereocenters. The molecule has 0 radical (unpaired) electrons. The molecule has 0 amide bonds. The zero-order valence-electron chi connectivity index (χ0n) is 14.4. The van der Waals surface area contributed by atoms with Crippen LogP contribution in [0.5, 0.6) is 0 Å². The van der Waals surface area contributed by atoms with Crippen molar-refractivity contribution >= 4 is 0 Å². The molecule has 2 nitrogen and oxygen atoms in total. The van der Waals surface area contributed by atoms with Crippen molar-refractivity contribution in [2.75, 3.05) is 13.1 Å². The fraction of sp³-hybridized carbons (Fsp3) is 1.00. The van der Waals surface area contributed by atoms with E-state index < -0.39 is 0 Å². The Bertz CT molecular complexity index is 322. The Morgan fingerprint density at radius 1 is 0.952 bits per heavy atom. The minimum atomic E-state index is 0.472.